The molecule has 2 heterocycles. The van der Waals surface area contributed by atoms with Crippen LogP contribution in [0.15, 0.2) is 0 Å². The van der Waals surface area contributed by atoms with Crippen molar-refractivity contribution in [1.82, 2.24) is 4.90 Å². The van der Waals surface area contributed by atoms with Gasteiger partial charge < -0.3 is 5.73 Å². The third kappa shape index (κ3) is 1.80. The summed E-state index contributed by atoms with van der Waals surface area (Å²) in [6.45, 7) is 2.47. The lowest BCUT2D eigenvalue weighted by atomic mass is 9.82. The highest BCUT2D eigenvalue weighted by Crippen LogP contribution is 2.41. The average molecular weight is 222 g/mol. The average Bonchev–Trinajstić information content (AvgIpc) is 2.53. The number of hydrogen-bond donors (Lipinski definition) is 1. The van der Waals surface area contributed by atoms with E-state index in [1.807, 2.05) is 0 Å². The summed E-state index contributed by atoms with van der Waals surface area (Å²) < 4.78 is 0. The van der Waals surface area contributed by atoms with Crippen molar-refractivity contribution >= 4 is 0 Å². The van der Waals surface area contributed by atoms with Gasteiger partial charge in [-0.05, 0) is 44.4 Å². The van der Waals surface area contributed by atoms with Gasteiger partial charge in [-0.2, -0.15) is 0 Å². The fourth-order valence-corrected chi connectivity index (χ4v) is 4.54. The summed E-state index contributed by atoms with van der Waals surface area (Å²) in [4.78, 5) is 2.90. The molecule has 0 amide bonds. The molecule has 2 heteroatoms. The number of piperidine rings is 1. The topological polar surface area (TPSA) is 29.3 Å². The quantitative estimate of drug-likeness (QED) is 0.738. The lowest BCUT2D eigenvalue weighted by Crippen LogP contribution is -2.54. The molecule has 2 nitrogen and oxygen atoms in total. The fourth-order valence-electron chi connectivity index (χ4n) is 4.54. The second kappa shape index (κ2) is 4.30. The van der Waals surface area contributed by atoms with Crippen molar-refractivity contribution in [1.29, 1.82) is 0 Å². The van der Waals surface area contributed by atoms with E-state index in [0.717, 1.165) is 24.0 Å². The van der Waals surface area contributed by atoms with Gasteiger partial charge in [0.15, 0.2) is 0 Å². The minimum Gasteiger partial charge on any atom is -0.328 e. The Bertz CT molecular complexity index is 239. The first-order valence-corrected chi connectivity index (χ1v) is 7.28. The zero-order chi connectivity index (χ0) is 11.1. The van der Waals surface area contributed by atoms with Crippen molar-refractivity contribution in [3.05, 3.63) is 0 Å². The highest BCUT2D eigenvalue weighted by atomic mass is 15.3. The van der Waals surface area contributed by atoms with E-state index in [4.69, 9.17) is 5.73 Å². The van der Waals surface area contributed by atoms with Crippen LogP contribution >= 0.6 is 0 Å². The Balaban J connectivity index is 1.74. The van der Waals surface area contributed by atoms with Gasteiger partial charge in [-0.3, -0.25) is 4.90 Å². The van der Waals surface area contributed by atoms with Crippen LogP contribution in [0.3, 0.4) is 0 Å². The van der Waals surface area contributed by atoms with E-state index in [9.17, 15) is 0 Å². The molecule has 3 rings (SSSR count). The number of nitrogens with zero attached hydrogens (tertiary/aromatic N) is 1. The first kappa shape index (κ1) is 11.0. The summed E-state index contributed by atoms with van der Waals surface area (Å²) in [7, 11) is 0. The maximum Gasteiger partial charge on any atom is 0.0127 e. The molecule has 3 fully saturated rings. The number of hydrogen-bond acceptors (Lipinski definition) is 2. The molecule has 2 saturated heterocycles. The monoisotopic (exact) mass is 222 g/mol. The fraction of sp³-hybridized carbons (Fsp3) is 1.00. The summed E-state index contributed by atoms with van der Waals surface area (Å²) >= 11 is 0. The molecule has 16 heavy (non-hydrogen) atoms. The van der Waals surface area contributed by atoms with E-state index < -0.39 is 0 Å². The van der Waals surface area contributed by atoms with E-state index in [-0.39, 0.29) is 0 Å². The lowest BCUT2D eigenvalue weighted by molar-refractivity contribution is 0.0311. The normalized spacial score (nSPS) is 49.5. The van der Waals surface area contributed by atoms with E-state index in [0.29, 0.717) is 6.04 Å². The molecule has 4 atom stereocenters. The van der Waals surface area contributed by atoms with Crippen LogP contribution in [0, 0.1) is 5.92 Å². The highest BCUT2D eigenvalue weighted by molar-refractivity contribution is 5.00. The van der Waals surface area contributed by atoms with Crippen LogP contribution in [-0.2, 0) is 0 Å². The van der Waals surface area contributed by atoms with Crippen LogP contribution in [0.5, 0.6) is 0 Å². The molecule has 0 aromatic carbocycles. The number of nitrogens with two attached hydrogens (primary N) is 1. The molecule has 0 radical (unpaired) electrons. The van der Waals surface area contributed by atoms with Gasteiger partial charge in [0.1, 0.15) is 0 Å². The van der Waals surface area contributed by atoms with Crippen LogP contribution < -0.4 is 5.73 Å². The zero-order valence-electron chi connectivity index (χ0n) is 10.6. The van der Waals surface area contributed by atoms with Crippen molar-refractivity contribution in [3.63, 3.8) is 0 Å². The van der Waals surface area contributed by atoms with Crippen molar-refractivity contribution in [3.8, 4) is 0 Å². The molecular formula is C14H26N2. The van der Waals surface area contributed by atoms with Gasteiger partial charge in [0.25, 0.3) is 0 Å². The molecule has 2 bridgehead atoms. The largest absolute Gasteiger partial charge is 0.328 e. The van der Waals surface area contributed by atoms with Crippen LogP contribution in [-0.4, -0.2) is 29.1 Å². The Labute approximate surface area is 99.6 Å². The van der Waals surface area contributed by atoms with Crippen LogP contribution in [0.4, 0.5) is 0 Å². The first-order chi connectivity index (χ1) is 7.75. The maximum absolute atomic E-state index is 6.16. The van der Waals surface area contributed by atoms with Gasteiger partial charge in [-0.25, -0.2) is 0 Å². The van der Waals surface area contributed by atoms with Crippen molar-refractivity contribution < 1.29 is 0 Å². The van der Waals surface area contributed by atoms with Gasteiger partial charge in [0.2, 0.25) is 0 Å². The minimum atomic E-state index is 0.493. The minimum absolute atomic E-state index is 0.493. The van der Waals surface area contributed by atoms with E-state index >= 15 is 0 Å². The van der Waals surface area contributed by atoms with Gasteiger partial charge in [-0.15, -0.1) is 0 Å². The second-order valence-electron chi connectivity index (χ2n) is 6.39. The summed E-state index contributed by atoms with van der Waals surface area (Å²) in [5.74, 6) is 0.922. The number of rotatable bonds is 1. The van der Waals surface area contributed by atoms with Gasteiger partial charge in [0, 0.05) is 24.2 Å². The maximum atomic E-state index is 6.16. The molecular weight excluding hydrogens is 196 g/mol. The Hall–Kier alpha value is -0.0800. The highest BCUT2D eigenvalue weighted by Gasteiger charge is 2.44. The molecule has 1 aliphatic carbocycles. The van der Waals surface area contributed by atoms with Crippen LogP contribution in [0.1, 0.15) is 58.3 Å². The molecule has 1 saturated carbocycles. The van der Waals surface area contributed by atoms with Crippen LogP contribution in [0.25, 0.3) is 0 Å². The van der Waals surface area contributed by atoms with E-state index in [2.05, 4.69) is 11.8 Å². The standard InChI is InChI=1S/C14H26N2/c1-10-4-2-3-5-14(10)16-12-6-7-13(16)9-11(15)8-12/h10-14H,2-9,15H2,1H3. The molecule has 0 spiro atoms. The summed E-state index contributed by atoms with van der Waals surface area (Å²) in [6.07, 6.45) is 11.2. The first-order valence-electron chi connectivity index (χ1n) is 7.28. The molecule has 3 aliphatic rings. The van der Waals surface area contributed by atoms with Gasteiger partial charge in [-0.1, -0.05) is 19.8 Å². The SMILES string of the molecule is CC1CCCCC1N1C2CCC1CC(N)C2. The summed E-state index contributed by atoms with van der Waals surface area (Å²) in [6, 6.07) is 3.05. The Morgan fingerprint density at radius 2 is 1.56 bits per heavy atom. The Morgan fingerprint density at radius 3 is 2.19 bits per heavy atom. The summed E-state index contributed by atoms with van der Waals surface area (Å²) in [5, 5.41) is 0. The van der Waals surface area contributed by atoms with Crippen LogP contribution in [0.2, 0.25) is 0 Å². The predicted octanol–water partition coefficient (Wildman–Crippen LogP) is 2.52. The lowest BCUT2D eigenvalue weighted by Gasteiger charge is -2.46. The molecule has 4 unspecified atom stereocenters. The van der Waals surface area contributed by atoms with Crippen molar-refractivity contribution in [2.24, 2.45) is 11.7 Å². The zero-order valence-corrected chi connectivity index (χ0v) is 10.6. The number of fused-ring (bicyclic) bond motifs is 2. The molecule has 92 valence electrons. The third-order valence-corrected chi connectivity index (χ3v) is 5.28. The van der Waals surface area contributed by atoms with Gasteiger partial charge in [0.05, 0.1) is 0 Å². The van der Waals surface area contributed by atoms with E-state index in [1.165, 1.54) is 51.4 Å². The van der Waals surface area contributed by atoms with Gasteiger partial charge >= 0.3 is 0 Å². The van der Waals surface area contributed by atoms with E-state index in [1.54, 1.807) is 0 Å². The van der Waals surface area contributed by atoms with Crippen molar-refractivity contribution in [2.45, 2.75) is 82.5 Å². The summed E-state index contributed by atoms with van der Waals surface area (Å²) in [5.41, 5.74) is 6.16. The second-order valence-corrected chi connectivity index (χ2v) is 6.39. The predicted molar refractivity (Wildman–Crippen MR) is 67.3 cm³/mol. The smallest absolute Gasteiger partial charge is 0.0127 e. The third-order valence-electron chi connectivity index (χ3n) is 5.28. The molecule has 0 aromatic heterocycles. The molecule has 0 aromatic rings. The Kier molecular flexibility index (Phi) is 2.97. The molecule has 2 N–H and O–H groups in total. The Morgan fingerprint density at radius 1 is 0.938 bits per heavy atom. The van der Waals surface area contributed by atoms with Crippen molar-refractivity contribution in [2.75, 3.05) is 0 Å². The molecule has 2 aliphatic heterocycles.